The van der Waals surface area contributed by atoms with Gasteiger partial charge in [0.05, 0.1) is 5.75 Å². The van der Waals surface area contributed by atoms with Gasteiger partial charge in [0, 0.05) is 18.0 Å². The van der Waals surface area contributed by atoms with Crippen molar-refractivity contribution in [3.63, 3.8) is 0 Å². The minimum absolute atomic E-state index is 0.111. The molecule has 1 rings (SSSR count). The van der Waals surface area contributed by atoms with Gasteiger partial charge in [-0.2, -0.15) is 0 Å². The summed E-state index contributed by atoms with van der Waals surface area (Å²) in [5, 5.41) is 3.28. The van der Waals surface area contributed by atoms with E-state index in [0.717, 1.165) is 12.0 Å². The van der Waals surface area contributed by atoms with Gasteiger partial charge in [0.2, 0.25) is 15.9 Å². The van der Waals surface area contributed by atoms with Gasteiger partial charge in [-0.15, -0.1) is 0 Å². The molecule has 112 valence electrons. The summed E-state index contributed by atoms with van der Waals surface area (Å²) in [6, 6.07) is 7.52. The molecule has 7 heteroatoms. The van der Waals surface area contributed by atoms with Gasteiger partial charge < -0.3 is 5.32 Å². The van der Waals surface area contributed by atoms with E-state index in [9.17, 15) is 13.2 Å². The van der Waals surface area contributed by atoms with Crippen molar-refractivity contribution in [3.8, 4) is 0 Å². The summed E-state index contributed by atoms with van der Waals surface area (Å²) < 4.78 is 24.5. The highest BCUT2D eigenvalue weighted by atomic mass is 35.5. The maximum absolute atomic E-state index is 11.5. The molecule has 2 N–H and O–H groups in total. The van der Waals surface area contributed by atoms with Crippen LogP contribution in [0.4, 0.5) is 0 Å². The van der Waals surface area contributed by atoms with Crippen LogP contribution < -0.4 is 10.0 Å². The van der Waals surface area contributed by atoms with Crippen LogP contribution in [-0.4, -0.2) is 33.7 Å². The third kappa shape index (κ3) is 6.36. The quantitative estimate of drug-likeness (QED) is 0.759. The number of nitrogens with one attached hydrogen (secondary N) is 2. The lowest BCUT2D eigenvalue weighted by molar-refractivity contribution is -0.121. The van der Waals surface area contributed by atoms with E-state index in [1.807, 2.05) is 24.3 Å². The zero-order valence-corrected chi connectivity index (χ0v) is 12.9. The Kier molecular flexibility index (Phi) is 6.98. The highest BCUT2D eigenvalue weighted by Gasteiger charge is 2.08. The van der Waals surface area contributed by atoms with Gasteiger partial charge in [0.25, 0.3) is 0 Å². The molecule has 0 atom stereocenters. The minimum atomic E-state index is -3.27. The second kappa shape index (κ2) is 8.24. The van der Waals surface area contributed by atoms with E-state index in [-0.39, 0.29) is 18.2 Å². The molecular formula is C13H19ClN2O3S. The number of carbonyl (C=O) groups excluding carboxylic acids is 1. The predicted molar refractivity (Wildman–Crippen MR) is 80.2 cm³/mol. The van der Waals surface area contributed by atoms with Gasteiger partial charge in [-0.3, -0.25) is 4.79 Å². The Morgan fingerprint density at radius 3 is 2.65 bits per heavy atom. The molecule has 1 aromatic carbocycles. The van der Waals surface area contributed by atoms with Crippen LogP contribution in [-0.2, 0) is 21.2 Å². The second-order valence-corrected chi connectivity index (χ2v) is 6.77. The van der Waals surface area contributed by atoms with E-state index >= 15 is 0 Å². The van der Waals surface area contributed by atoms with Crippen LogP contribution in [0.2, 0.25) is 5.02 Å². The zero-order chi connectivity index (χ0) is 15.0. The first kappa shape index (κ1) is 16.9. The maximum Gasteiger partial charge on any atom is 0.220 e. The van der Waals surface area contributed by atoms with E-state index in [2.05, 4.69) is 10.0 Å². The number of hydrogen-bond acceptors (Lipinski definition) is 3. The number of sulfonamides is 1. The Bertz CT molecular complexity index is 546. The van der Waals surface area contributed by atoms with Crippen molar-refractivity contribution in [2.24, 2.45) is 0 Å². The monoisotopic (exact) mass is 318 g/mol. The fraction of sp³-hybridized carbons (Fsp3) is 0.462. The SMILES string of the molecule is CNS(=O)(=O)CCNC(=O)CCCc1ccccc1Cl. The van der Waals surface area contributed by atoms with E-state index in [1.54, 1.807) is 0 Å². The van der Waals surface area contributed by atoms with Gasteiger partial charge >= 0.3 is 0 Å². The number of carbonyl (C=O) groups is 1. The lowest BCUT2D eigenvalue weighted by Gasteiger charge is -2.06. The van der Waals surface area contributed by atoms with Crippen molar-refractivity contribution in [1.82, 2.24) is 10.0 Å². The molecule has 0 aliphatic rings. The number of halogens is 1. The molecule has 0 bridgehead atoms. The molecule has 0 aliphatic heterocycles. The van der Waals surface area contributed by atoms with E-state index in [0.29, 0.717) is 17.9 Å². The molecule has 5 nitrogen and oxygen atoms in total. The van der Waals surface area contributed by atoms with Gasteiger partial charge in [0.15, 0.2) is 0 Å². The highest BCUT2D eigenvalue weighted by molar-refractivity contribution is 7.89. The van der Waals surface area contributed by atoms with Crippen LogP contribution >= 0.6 is 11.6 Å². The number of aryl methyl sites for hydroxylation is 1. The molecule has 0 fully saturated rings. The molecule has 0 radical (unpaired) electrons. The number of amides is 1. The summed E-state index contributed by atoms with van der Waals surface area (Å²) >= 11 is 6.02. The summed E-state index contributed by atoms with van der Waals surface area (Å²) in [4.78, 5) is 11.5. The summed E-state index contributed by atoms with van der Waals surface area (Å²) in [6.45, 7) is 0.119. The molecule has 0 saturated heterocycles. The zero-order valence-electron chi connectivity index (χ0n) is 11.4. The molecule has 20 heavy (non-hydrogen) atoms. The highest BCUT2D eigenvalue weighted by Crippen LogP contribution is 2.16. The summed E-state index contributed by atoms with van der Waals surface area (Å²) in [7, 11) is -1.92. The predicted octanol–water partition coefficient (Wildman–Crippen LogP) is 1.33. The standard InChI is InChI=1S/C13H19ClN2O3S/c1-15-20(18,19)10-9-16-13(17)8-4-6-11-5-2-3-7-12(11)14/h2-3,5,7,15H,4,6,8-10H2,1H3,(H,16,17). The average Bonchev–Trinajstić information content (AvgIpc) is 2.41. The van der Waals surface area contributed by atoms with Crippen LogP contribution in [0.15, 0.2) is 24.3 Å². The van der Waals surface area contributed by atoms with Crippen molar-refractivity contribution >= 4 is 27.5 Å². The Labute approximate surface area is 124 Å². The van der Waals surface area contributed by atoms with Gasteiger partial charge in [-0.25, -0.2) is 13.1 Å². The first-order chi connectivity index (χ1) is 9.44. The number of hydrogen-bond donors (Lipinski definition) is 2. The van der Waals surface area contributed by atoms with Crippen molar-refractivity contribution < 1.29 is 13.2 Å². The maximum atomic E-state index is 11.5. The summed E-state index contributed by atoms with van der Waals surface area (Å²) in [6.07, 6.45) is 1.75. The Morgan fingerprint density at radius 1 is 1.30 bits per heavy atom. The average molecular weight is 319 g/mol. The van der Waals surface area contributed by atoms with Crippen molar-refractivity contribution in [2.75, 3.05) is 19.3 Å². The largest absolute Gasteiger partial charge is 0.355 e. The molecule has 1 aromatic rings. The van der Waals surface area contributed by atoms with Gasteiger partial charge in [-0.05, 0) is 31.5 Å². The summed E-state index contributed by atoms with van der Waals surface area (Å²) in [5.41, 5.74) is 1.01. The van der Waals surface area contributed by atoms with E-state index in [4.69, 9.17) is 11.6 Å². The normalized spacial score (nSPS) is 11.3. The van der Waals surface area contributed by atoms with Crippen LogP contribution in [0.25, 0.3) is 0 Å². The molecule has 0 unspecified atom stereocenters. The molecular weight excluding hydrogens is 300 g/mol. The first-order valence-corrected chi connectivity index (χ1v) is 8.39. The lowest BCUT2D eigenvalue weighted by atomic mass is 10.1. The molecule has 0 saturated carbocycles. The fourth-order valence-corrected chi connectivity index (χ4v) is 2.46. The third-order valence-electron chi connectivity index (χ3n) is 2.81. The van der Waals surface area contributed by atoms with E-state index in [1.165, 1.54) is 7.05 Å². The summed E-state index contributed by atoms with van der Waals surface area (Å²) in [5.74, 6) is -0.261. The van der Waals surface area contributed by atoms with Crippen molar-refractivity contribution in [2.45, 2.75) is 19.3 Å². The number of benzene rings is 1. The Morgan fingerprint density at radius 2 is 2.00 bits per heavy atom. The molecule has 0 heterocycles. The lowest BCUT2D eigenvalue weighted by Crippen LogP contribution is -2.32. The van der Waals surface area contributed by atoms with Gasteiger partial charge in [0.1, 0.15) is 0 Å². The minimum Gasteiger partial charge on any atom is -0.355 e. The third-order valence-corrected chi connectivity index (χ3v) is 4.54. The molecule has 0 aromatic heterocycles. The van der Waals surface area contributed by atoms with Crippen molar-refractivity contribution in [3.05, 3.63) is 34.9 Å². The van der Waals surface area contributed by atoms with Gasteiger partial charge in [-0.1, -0.05) is 29.8 Å². The second-order valence-electron chi connectivity index (χ2n) is 4.32. The van der Waals surface area contributed by atoms with Crippen LogP contribution in [0.3, 0.4) is 0 Å². The molecule has 0 aliphatic carbocycles. The van der Waals surface area contributed by atoms with Crippen LogP contribution in [0.1, 0.15) is 18.4 Å². The van der Waals surface area contributed by atoms with E-state index < -0.39 is 10.0 Å². The number of rotatable bonds is 8. The molecule has 0 spiro atoms. The fourth-order valence-electron chi connectivity index (χ4n) is 1.66. The Hall–Kier alpha value is -1.11. The van der Waals surface area contributed by atoms with Crippen LogP contribution in [0, 0.1) is 0 Å². The smallest absolute Gasteiger partial charge is 0.220 e. The topological polar surface area (TPSA) is 75.3 Å². The Balaban J connectivity index is 2.23. The van der Waals surface area contributed by atoms with Crippen molar-refractivity contribution in [1.29, 1.82) is 0 Å². The first-order valence-electron chi connectivity index (χ1n) is 6.36. The van der Waals surface area contributed by atoms with Crippen LogP contribution in [0.5, 0.6) is 0 Å². The molecule has 1 amide bonds.